The maximum atomic E-state index is 12.0. The molecule has 0 aliphatic carbocycles. The van der Waals surface area contributed by atoms with Crippen LogP contribution < -0.4 is 0 Å². The third kappa shape index (κ3) is 17.9. The predicted octanol–water partition coefficient (Wildman–Crippen LogP) is 4.81. The lowest BCUT2D eigenvalue weighted by molar-refractivity contribution is -0.141. The third-order valence-electron chi connectivity index (χ3n) is 5.59. The summed E-state index contributed by atoms with van der Waals surface area (Å²) in [7, 11) is 0. The molecule has 2 atom stereocenters. The highest BCUT2D eigenvalue weighted by atomic mass is 16.3. The van der Waals surface area contributed by atoms with E-state index in [1.165, 1.54) is 95.3 Å². The molecule has 174 valence electrons. The molecular formula is C24H49NO4. The van der Waals surface area contributed by atoms with Crippen LogP contribution in [0.3, 0.4) is 0 Å². The molecule has 0 fully saturated rings. The zero-order chi connectivity index (χ0) is 21.7. The Kier molecular flexibility index (Phi) is 20.2. The summed E-state index contributed by atoms with van der Waals surface area (Å²) in [6.07, 6.45) is 18.8. The Morgan fingerprint density at radius 2 is 1.10 bits per heavy atom. The van der Waals surface area contributed by atoms with Crippen LogP contribution in [0.5, 0.6) is 0 Å². The van der Waals surface area contributed by atoms with Gasteiger partial charge in [0.15, 0.2) is 0 Å². The van der Waals surface area contributed by atoms with Gasteiger partial charge in [-0.3, -0.25) is 4.79 Å². The number of aliphatic hydroxyl groups is 3. The largest absolute Gasteiger partial charge is 0.394 e. The number of carbonyl (C=O) groups is 1. The Hall–Kier alpha value is -0.650. The van der Waals surface area contributed by atoms with Crippen molar-refractivity contribution in [1.82, 2.24) is 4.90 Å². The lowest BCUT2D eigenvalue weighted by Crippen LogP contribution is -2.43. The average Bonchev–Trinajstić information content (AvgIpc) is 2.71. The molecule has 0 heterocycles. The molecule has 3 N–H and O–H groups in total. The molecule has 2 unspecified atom stereocenters. The molecule has 0 spiro atoms. The van der Waals surface area contributed by atoms with E-state index in [9.17, 15) is 15.0 Å². The topological polar surface area (TPSA) is 81.0 Å². The molecule has 5 nitrogen and oxygen atoms in total. The number of amides is 1. The molecule has 0 aromatic rings. The smallest absolute Gasteiger partial charge is 0.251 e. The van der Waals surface area contributed by atoms with Gasteiger partial charge < -0.3 is 20.2 Å². The fraction of sp³-hybridized carbons (Fsp3) is 0.958. The Morgan fingerprint density at radius 3 is 1.45 bits per heavy atom. The first-order chi connectivity index (χ1) is 14.0. The van der Waals surface area contributed by atoms with E-state index in [1.54, 1.807) is 0 Å². The van der Waals surface area contributed by atoms with Crippen molar-refractivity contribution in [1.29, 1.82) is 0 Å². The molecule has 1 amide bonds. The summed E-state index contributed by atoms with van der Waals surface area (Å²) in [4.78, 5) is 13.4. The highest BCUT2D eigenvalue weighted by Gasteiger charge is 2.20. The SMILES string of the molecule is CCCCCCCCCCCCCCCCCCN(CC(O)CO)C(=O)C(C)O. The van der Waals surface area contributed by atoms with Crippen molar-refractivity contribution in [2.24, 2.45) is 0 Å². The van der Waals surface area contributed by atoms with Gasteiger partial charge in [0.1, 0.15) is 6.10 Å². The van der Waals surface area contributed by atoms with Crippen molar-refractivity contribution in [3.63, 3.8) is 0 Å². The minimum absolute atomic E-state index is 0.0823. The van der Waals surface area contributed by atoms with Gasteiger partial charge in [-0.05, 0) is 13.3 Å². The van der Waals surface area contributed by atoms with Gasteiger partial charge in [-0.2, -0.15) is 0 Å². The van der Waals surface area contributed by atoms with E-state index in [2.05, 4.69) is 6.92 Å². The highest BCUT2D eigenvalue weighted by molar-refractivity contribution is 5.80. The molecule has 5 heteroatoms. The third-order valence-corrected chi connectivity index (χ3v) is 5.59. The van der Waals surface area contributed by atoms with E-state index >= 15 is 0 Å². The standard InChI is InChI=1S/C24H49NO4/c1-3-4-5-6-7-8-9-10-11-12-13-14-15-16-17-18-19-25(20-23(28)21-26)24(29)22(2)27/h22-23,26-28H,3-21H2,1-2H3. The summed E-state index contributed by atoms with van der Waals surface area (Å²) in [5, 5.41) is 28.0. The van der Waals surface area contributed by atoms with Crippen LogP contribution in [0, 0.1) is 0 Å². The van der Waals surface area contributed by atoms with Crippen molar-refractivity contribution in [3.05, 3.63) is 0 Å². The van der Waals surface area contributed by atoms with E-state index < -0.39 is 12.2 Å². The number of carbonyl (C=O) groups excluding carboxylic acids is 1. The van der Waals surface area contributed by atoms with E-state index in [-0.39, 0.29) is 19.1 Å². The van der Waals surface area contributed by atoms with Crippen molar-refractivity contribution in [2.45, 2.75) is 129 Å². The Balaban J connectivity index is 3.51. The first kappa shape index (κ1) is 28.4. The lowest BCUT2D eigenvalue weighted by Gasteiger charge is -2.26. The first-order valence-electron chi connectivity index (χ1n) is 12.3. The van der Waals surface area contributed by atoms with E-state index in [0.29, 0.717) is 6.54 Å². The van der Waals surface area contributed by atoms with E-state index in [4.69, 9.17) is 5.11 Å². The Labute approximate surface area is 179 Å². The summed E-state index contributed by atoms with van der Waals surface area (Å²) >= 11 is 0. The van der Waals surface area contributed by atoms with Crippen LogP contribution >= 0.6 is 0 Å². The van der Waals surface area contributed by atoms with Crippen LogP contribution in [0.25, 0.3) is 0 Å². The molecule has 0 saturated carbocycles. The van der Waals surface area contributed by atoms with Gasteiger partial charge in [0.25, 0.3) is 5.91 Å². The molecule has 0 bridgehead atoms. The number of hydrogen-bond acceptors (Lipinski definition) is 4. The number of aliphatic hydroxyl groups excluding tert-OH is 3. The lowest BCUT2D eigenvalue weighted by atomic mass is 10.0. The van der Waals surface area contributed by atoms with Crippen molar-refractivity contribution in [2.75, 3.05) is 19.7 Å². The predicted molar refractivity (Wildman–Crippen MR) is 121 cm³/mol. The quantitative estimate of drug-likeness (QED) is 0.235. The van der Waals surface area contributed by atoms with Gasteiger partial charge in [0.2, 0.25) is 0 Å². The second-order valence-electron chi connectivity index (χ2n) is 8.60. The molecule has 0 aliphatic rings. The van der Waals surface area contributed by atoms with Gasteiger partial charge in [-0.15, -0.1) is 0 Å². The summed E-state index contributed by atoms with van der Waals surface area (Å²) in [6, 6.07) is 0. The first-order valence-corrected chi connectivity index (χ1v) is 12.3. The second kappa shape index (κ2) is 20.6. The van der Waals surface area contributed by atoms with Crippen LogP contribution in [0.15, 0.2) is 0 Å². The number of nitrogens with zero attached hydrogens (tertiary/aromatic N) is 1. The van der Waals surface area contributed by atoms with Crippen LogP contribution in [0.1, 0.15) is 117 Å². The summed E-state index contributed by atoms with van der Waals surface area (Å²) in [5.74, 6) is -0.376. The molecule has 0 saturated heterocycles. The number of rotatable bonds is 21. The van der Waals surface area contributed by atoms with Crippen LogP contribution in [-0.2, 0) is 4.79 Å². The van der Waals surface area contributed by atoms with Crippen molar-refractivity contribution in [3.8, 4) is 0 Å². The van der Waals surface area contributed by atoms with Crippen LogP contribution in [-0.4, -0.2) is 58.0 Å². The molecular weight excluding hydrogens is 366 g/mol. The van der Waals surface area contributed by atoms with Gasteiger partial charge in [-0.1, -0.05) is 103 Å². The zero-order valence-corrected chi connectivity index (χ0v) is 19.3. The minimum atomic E-state index is -1.07. The number of unbranched alkanes of at least 4 members (excludes halogenated alkanes) is 15. The van der Waals surface area contributed by atoms with Crippen LogP contribution in [0.2, 0.25) is 0 Å². The fourth-order valence-corrected chi connectivity index (χ4v) is 3.72. The summed E-state index contributed by atoms with van der Waals surface area (Å²) < 4.78 is 0. The number of hydrogen-bond donors (Lipinski definition) is 3. The highest BCUT2D eigenvalue weighted by Crippen LogP contribution is 2.14. The molecule has 0 radical (unpaired) electrons. The molecule has 0 aromatic carbocycles. The van der Waals surface area contributed by atoms with Crippen molar-refractivity contribution < 1.29 is 20.1 Å². The Morgan fingerprint density at radius 1 is 0.724 bits per heavy atom. The van der Waals surface area contributed by atoms with Gasteiger partial charge >= 0.3 is 0 Å². The molecule has 29 heavy (non-hydrogen) atoms. The zero-order valence-electron chi connectivity index (χ0n) is 19.3. The van der Waals surface area contributed by atoms with Crippen LogP contribution in [0.4, 0.5) is 0 Å². The second-order valence-corrected chi connectivity index (χ2v) is 8.60. The van der Waals surface area contributed by atoms with E-state index in [0.717, 1.165) is 19.3 Å². The van der Waals surface area contributed by atoms with Gasteiger partial charge in [0, 0.05) is 13.1 Å². The fourth-order valence-electron chi connectivity index (χ4n) is 3.72. The maximum Gasteiger partial charge on any atom is 0.251 e. The molecule has 0 aliphatic heterocycles. The monoisotopic (exact) mass is 415 g/mol. The summed E-state index contributed by atoms with van der Waals surface area (Å²) in [5.41, 5.74) is 0. The van der Waals surface area contributed by atoms with Gasteiger partial charge in [-0.25, -0.2) is 0 Å². The molecule has 0 aromatic heterocycles. The summed E-state index contributed by atoms with van der Waals surface area (Å²) in [6.45, 7) is 3.94. The molecule has 0 rings (SSSR count). The normalized spacial score (nSPS) is 13.4. The van der Waals surface area contributed by atoms with Gasteiger partial charge in [0.05, 0.1) is 12.7 Å². The van der Waals surface area contributed by atoms with E-state index in [1.807, 2.05) is 0 Å². The minimum Gasteiger partial charge on any atom is -0.394 e. The average molecular weight is 416 g/mol. The van der Waals surface area contributed by atoms with Crippen molar-refractivity contribution >= 4 is 5.91 Å². The maximum absolute atomic E-state index is 12.0. The Bertz CT molecular complexity index is 363.